The number of nitrogens with one attached hydrogen (secondary N) is 1. The van der Waals surface area contributed by atoms with Crippen molar-refractivity contribution in [3.05, 3.63) is 112 Å². The van der Waals surface area contributed by atoms with Gasteiger partial charge in [0.05, 0.1) is 31.2 Å². The van der Waals surface area contributed by atoms with Gasteiger partial charge < -0.3 is 40.3 Å². The van der Waals surface area contributed by atoms with Gasteiger partial charge >= 0.3 is 11.9 Å². The molecule has 6 N–H and O–H groups in total. The van der Waals surface area contributed by atoms with Crippen LogP contribution in [0.2, 0.25) is 0 Å². The number of fused-ring (bicyclic) bond motifs is 7. The van der Waals surface area contributed by atoms with Crippen molar-refractivity contribution in [3.63, 3.8) is 0 Å². The zero-order valence-corrected chi connectivity index (χ0v) is 33.6. The summed E-state index contributed by atoms with van der Waals surface area (Å²) in [7, 11) is 0. The highest BCUT2D eigenvalue weighted by atomic mass is 16.6. The average Bonchev–Trinajstić information content (AvgIpc) is 3.21. The summed E-state index contributed by atoms with van der Waals surface area (Å²) in [5.74, 6) is 2.89. The van der Waals surface area contributed by atoms with Crippen LogP contribution in [0.3, 0.4) is 0 Å². The normalized spacial score (nSPS) is 32.3. The Morgan fingerprint density at radius 3 is 2.50 bits per heavy atom. The van der Waals surface area contributed by atoms with E-state index in [2.05, 4.69) is 29.3 Å². The van der Waals surface area contributed by atoms with Gasteiger partial charge in [0.2, 0.25) is 0 Å². The first kappa shape index (κ1) is 40.2. The Hall–Kier alpha value is -5.25. The molecule has 0 aromatic heterocycles. The molecule has 9 rings (SSSR count). The van der Waals surface area contributed by atoms with Crippen LogP contribution in [0.5, 0.6) is 11.5 Å². The van der Waals surface area contributed by atoms with Gasteiger partial charge in [-0.3, -0.25) is 9.59 Å². The maximum absolute atomic E-state index is 15.0. The average molecular weight is 814 g/mol. The number of benzene rings is 3. The van der Waals surface area contributed by atoms with Gasteiger partial charge in [0, 0.05) is 66.5 Å². The maximum atomic E-state index is 15.0. The molecule has 2 fully saturated rings. The molecule has 11 unspecified atom stereocenters. The summed E-state index contributed by atoms with van der Waals surface area (Å²) in [6, 6.07) is 16.4. The number of anilines is 1. The standard InChI is InChI=1S/C49H51NO10/c1-26(52)24-50-37-13-29(25-51)12-34(17-37)31-6-7-32-22-45(56)59-43-23-41(54)35(19-39(32)43)21-44-49(58)10-9-30-5-8-33-20-42(55)40(46(30)47(33)49)15-28-4-2-3-27(11-28)14-38(53)18-36(16-31)48(57)60-44/h2-5,8,11-13,17-19,23,26,30-33,38,40,44,46-47,50-54,58H,9-10,14-16,20-22,24-25H2,1H3. The van der Waals surface area contributed by atoms with Crippen LogP contribution in [0.15, 0.2) is 78.4 Å². The lowest BCUT2D eigenvalue weighted by Crippen LogP contribution is -2.64. The summed E-state index contributed by atoms with van der Waals surface area (Å²) >= 11 is 0. The van der Waals surface area contributed by atoms with Gasteiger partial charge in [-0.1, -0.05) is 54.3 Å². The van der Waals surface area contributed by atoms with Crippen molar-refractivity contribution in [1.82, 2.24) is 0 Å². The molecule has 11 nitrogen and oxygen atoms in total. The lowest BCUT2D eigenvalue weighted by atomic mass is 9.48. The van der Waals surface area contributed by atoms with Crippen molar-refractivity contribution >= 4 is 23.4 Å². The third-order valence-electron chi connectivity index (χ3n) is 13.7. The molecule has 3 aliphatic carbocycles. The van der Waals surface area contributed by atoms with Crippen molar-refractivity contribution in [2.45, 2.75) is 101 Å². The number of hydrogen-bond acceptors (Lipinski definition) is 11. The Morgan fingerprint density at radius 2 is 1.70 bits per heavy atom. The molecule has 11 atom stereocenters. The second-order valence-electron chi connectivity index (χ2n) is 17.9. The minimum absolute atomic E-state index is 0.0400. The minimum Gasteiger partial charge on any atom is -0.508 e. The molecule has 3 heterocycles. The Bertz CT molecular complexity index is 2350. The van der Waals surface area contributed by atoms with E-state index in [4.69, 9.17) is 9.47 Å². The number of phenols is 1. The van der Waals surface area contributed by atoms with Crippen LogP contribution in [0.1, 0.15) is 84.2 Å². The van der Waals surface area contributed by atoms with Gasteiger partial charge in [0.25, 0.3) is 0 Å². The minimum atomic E-state index is -1.61. The Morgan fingerprint density at radius 1 is 0.917 bits per heavy atom. The van der Waals surface area contributed by atoms with Gasteiger partial charge in [-0.2, -0.15) is 0 Å². The molecule has 3 aromatic carbocycles. The number of carbonyl (C=O) groups is 3. The summed E-state index contributed by atoms with van der Waals surface area (Å²) in [6.45, 7) is 1.60. The SMILES string of the molecule is CC(O)CNc1cc(CO)cc(C2C#CC3CC(=O)Oc4cc(O)c(cc43)CC3OC(=O)C(=CC(O)Cc4cccc(c4)CC4C(=O)CC5C=CC6CCC3(O)C5C64)C2)c1. The molecule has 6 aliphatic rings. The highest BCUT2D eigenvalue weighted by Crippen LogP contribution is 2.58. The van der Waals surface area contributed by atoms with Gasteiger partial charge in [0.1, 0.15) is 29.0 Å². The lowest BCUT2D eigenvalue weighted by Gasteiger charge is -2.58. The van der Waals surface area contributed by atoms with E-state index in [1.165, 1.54) is 12.1 Å². The molecule has 2 saturated carbocycles. The second kappa shape index (κ2) is 16.0. The number of aliphatic hydroxyl groups is 4. The zero-order valence-electron chi connectivity index (χ0n) is 33.6. The highest BCUT2D eigenvalue weighted by Gasteiger charge is 2.61. The largest absolute Gasteiger partial charge is 0.508 e. The first-order chi connectivity index (χ1) is 28.8. The number of aliphatic hydroxyl groups excluding tert-OH is 3. The molecule has 12 bridgehead atoms. The maximum Gasteiger partial charge on any atom is 0.334 e. The summed E-state index contributed by atoms with van der Waals surface area (Å²) in [6.07, 6.45) is 4.37. The van der Waals surface area contributed by atoms with E-state index in [0.717, 1.165) is 11.1 Å². The predicted octanol–water partition coefficient (Wildman–Crippen LogP) is 4.95. The van der Waals surface area contributed by atoms with Crippen LogP contribution in [0.4, 0.5) is 5.69 Å². The Labute approximate surface area is 349 Å². The summed E-state index contributed by atoms with van der Waals surface area (Å²) in [5, 5.41) is 60.2. The van der Waals surface area contributed by atoms with Crippen LogP contribution >= 0.6 is 0 Å². The number of aromatic hydroxyl groups is 1. The molecule has 0 amide bonds. The van der Waals surface area contributed by atoms with Gasteiger partial charge in [-0.05, 0) is 102 Å². The number of allylic oxidation sites excluding steroid dienone is 2. The first-order valence-corrected chi connectivity index (χ1v) is 21.2. The van der Waals surface area contributed by atoms with Crippen molar-refractivity contribution in [1.29, 1.82) is 0 Å². The molecule has 312 valence electrons. The summed E-state index contributed by atoms with van der Waals surface area (Å²) in [4.78, 5) is 42.0. The first-order valence-electron chi connectivity index (χ1n) is 21.2. The number of hydrogen-bond donors (Lipinski definition) is 6. The fraction of sp³-hybridized carbons (Fsp3) is 0.449. The van der Waals surface area contributed by atoms with E-state index >= 15 is 0 Å². The van der Waals surface area contributed by atoms with E-state index in [-0.39, 0.29) is 91.8 Å². The zero-order chi connectivity index (χ0) is 41.9. The van der Waals surface area contributed by atoms with Crippen LogP contribution in [-0.4, -0.2) is 73.7 Å². The third kappa shape index (κ3) is 7.67. The molecular weight excluding hydrogens is 763 g/mol. The lowest BCUT2D eigenvalue weighted by molar-refractivity contribution is -0.205. The topological polar surface area (TPSA) is 183 Å². The van der Waals surface area contributed by atoms with Crippen molar-refractivity contribution in [2.24, 2.45) is 29.6 Å². The number of ketones is 1. The second-order valence-corrected chi connectivity index (χ2v) is 17.9. The van der Waals surface area contributed by atoms with E-state index < -0.39 is 53.6 Å². The van der Waals surface area contributed by atoms with Gasteiger partial charge in [-0.15, -0.1) is 0 Å². The van der Waals surface area contributed by atoms with E-state index in [0.29, 0.717) is 47.2 Å². The number of Topliss-reactive ketones (excluding diaryl/α,β-unsaturated/α-hetero) is 1. The quantitative estimate of drug-likeness (QED) is 0.0888. The van der Waals surface area contributed by atoms with Crippen molar-refractivity contribution in [2.75, 3.05) is 11.9 Å². The fourth-order valence-electron chi connectivity index (χ4n) is 11.0. The number of ether oxygens (including phenoxy) is 2. The molecule has 3 aromatic rings. The van der Waals surface area contributed by atoms with Crippen LogP contribution in [0, 0.1) is 41.4 Å². The van der Waals surface area contributed by atoms with E-state index in [1.54, 1.807) is 25.1 Å². The molecular formula is C49H51NO10. The number of phenolic OH excluding ortho intramolecular Hbond substituents is 1. The van der Waals surface area contributed by atoms with Gasteiger partial charge in [0.15, 0.2) is 0 Å². The number of carbonyl (C=O) groups excluding carboxylic acids is 3. The molecule has 0 saturated heterocycles. The Kier molecular flexibility index (Phi) is 10.7. The van der Waals surface area contributed by atoms with Crippen LogP contribution in [-0.2, 0) is 45.0 Å². The van der Waals surface area contributed by atoms with E-state index in [1.807, 2.05) is 30.3 Å². The molecule has 3 aliphatic heterocycles. The highest BCUT2D eigenvalue weighted by molar-refractivity contribution is 5.89. The summed E-state index contributed by atoms with van der Waals surface area (Å²) in [5.41, 5.74) is 3.10. The van der Waals surface area contributed by atoms with E-state index in [9.17, 15) is 39.9 Å². The van der Waals surface area contributed by atoms with Crippen LogP contribution in [0.25, 0.3) is 0 Å². The van der Waals surface area contributed by atoms with Crippen molar-refractivity contribution < 1.29 is 49.4 Å². The molecule has 0 radical (unpaired) electrons. The number of esters is 2. The van der Waals surface area contributed by atoms with Gasteiger partial charge in [-0.25, -0.2) is 4.79 Å². The smallest absolute Gasteiger partial charge is 0.334 e. The Balaban J connectivity index is 1.24. The monoisotopic (exact) mass is 813 g/mol. The van der Waals surface area contributed by atoms with Crippen molar-refractivity contribution in [3.8, 4) is 23.3 Å². The number of rotatable bonds is 5. The molecule has 0 spiro atoms. The fourth-order valence-corrected chi connectivity index (χ4v) is 11.0. The molecule has 60 heavy (non-hydrogen) atoms. The summed E-state index contributed by atoms with van der Waals surface area (Å²) < 4.78 is 12.2. The van der Waals surface area contributed by atoms with Crippen LogP contribution < -0.4 is 10.1 Å². The molecule has 11 heteroatoms. The third-order valence-corrected chi connectivity index (χ3v) is 13.7. The predicted molar refractivity (Wildman–Crippen MR) is 221 cm³/mol.